The number of ether oxygens (including phenoxy) is 1. The number of fused-ring (bicyclic) bond motifs is 3. The van der Waals surface area contributed by atoms with Crippen molar-refractivity contribution in [2.75, 3.05) is 16.9 Å². The predicted octanol–water partition coefficient (Wildman–Crippen LogP) is 11.6. The summed E-state index contributed by atoms with van der Waals surface area (Å²) in [6.07, 6.45) is 0. The van der Waals surface area contributed by atoms with Gasteiger partial charge in [0.2, 0.25) is 0 Å². The minimum atomic E-state index is 0.829. The SMILES string of the molecule is COc1ccc(-c2cc(-c3ccc(Br)cc3)nc3c(N4c5ccccc5N(c5ccccc5)c5ccccc54)cccc23)cc1. The van der Waals surface area contributed by atoms with Gasteiger partial charge in [-0.1, -0.05) is 94.8 Å². The summed E-state index contributed by atoms with van der Waals surface area (Å²) in [4.78, 5) is 10.1. The molecule has 1 aliphatic rings. The van der Waals surface area contributed by atoms with Gasteiger partial charge in [0.25, 0.3) is 0 Å². The summed E-state index contributed by atoms with van der Waals surface area (Å²) >= 11 is 3.60. The number of hydrogen-bond donors (Lipinski definition) is 0. The summed E-state index contributed by atoms with van der Waals surface area (Å²) in [6, 6.07) is 53.1. The van der Waals surface area contributed by atoms with Gasteiger partial charge in [-0.3, -0.25) is 0 Å². The van der Waals surface area contributed by atoms with E-state index >= 15 is 0 Å². The van der Waals surface area contributed by atoms with Crippen molar-refractivity contribution in [1.82, 2.24) is 4.98 Å². The van der Waals surface area contributed by atoms with E-state index in [2.05, 4.69) is 165 Å². The van der Waals surface area contributed by atoms with Crippen LogP contribution in [-0.2, 0) is 0 Å². The van der Waals surface area contributed by atoms with Gasteiger partial charge in [-0.05, 0) is 83.9 Å². The van der Waals surface area contributed by atoms with E-state index in [-0.39, 0.29) is 0 Å². The van der Waals surface area contributed by atoms with Crippen LogP contribution in [0.25, 0.3) is 33.3 Å². The summed E-state index contributed by atoms with van der Waals surface area (Å²) < 4.78 is 6.51. The summed E-state index contributed by atoms with van der Waals surface area (Å²) in [5.41, 5.74) is 11.7. The largest absolute Gasteiger partial charge is 0.497 e. The fourth-order valence-electron chi connectivity index (χ4n) is 6.25. The minimum Gasteiger partial charge on any atom is -0.497 e. The number of benzene rings is 6. The third-order valence-corrected chi connectivity index (χ3v) is 8.87. The van der Waals surface area contributed by atoms with Crippen LogP contribution in [0.4, 0.5) is 34.1 Å². The van der Waals surface area contributed by atoms with Crippen molar-refractivity contribution in [3.8, 4) is 28.1 Å². The first-order valence-electron chi connectivity index (χ1n) is 14.9. The maximum Gasteiger partial charge on any atom is 0.118 e. The molecule has 0 atom stereocenters. The zero-order chi connectivity index (χ0) is 30.3. The highest BCUT2D eigenvalue weighted by Gasteiger charge is 2.31. The van der Waals surface area contributed by atoms with Gasteiger partial charge in [-0.2, -0.15) is 0 Å². The Bertz CT molecular complexity index is 2120. The van der Waals surface area contributed by atoms with Gasteiger partial charge >= 0.3 is 0 Å². The number of rotatable bonds is 5. The van der Waals surface area contributed by atoms with Gasteiger partial charge in [0.1, 0.15) is 5.75 Å². The number of anilines is 6. The third kappa shape index (κ3) is 4.73. The first-order valence-corrected chi connectivity index (χ1v) is 15.7. The number of halogens is 1. The summed E-state index contributed by atoms with van der Waals surface area (Å²) in [6.45, 7) is 0. The predicted molar refractivity (Wildman–Crippen MR) is 190 cm³/mol. The molecule has 45 heavy (non-hydrogen) atoms. The first-order chi connectivity index (χ1) is 22.2. The van der Waals surface area contributed by atoms with Crippen LogP contribution in [0, 0.1) is 0 Å². The minimum absolute atomic E-state index is 0.829. The van der Waals surface area contributed by atoms with Crippen LogP contribution in [0.1, 0.15) is 0 Å². The fourth-order valence-corrected chi connectivity index (χ4v) is 6.52. The standard InChI is InChI=1S/C40H28BrN3O/c1-45-31-24-20-27(21-25-31)33-26-34(28-18-22-29(41)23-19-28)42-40-32(33)12-9-17-39(40)44-37-15-7-5-13-35(37)43(30-10-3-2-4-11-30)36-14-6-8-16-38(36)44/h2-26H,1H3. The third-order valence-electron chi connectivity index (χ3n) is 8.34. The lowest BCUT2D eigenvalue weighted by Gasteiger charge is -2.40. The molecule has 0 bridgehead atoms. The zero-order valence-electron chi connectivity index (χ0n) is 24.6. The van der Waals surface area contributed by atoms with E-state index < -0.39 is 0 Å². The van der Waals surface area contributed by atoms with Gasteiger partial charge in [0.05, 0.1) is 46.8 Å². The molecule has 1 aromatic heterocycles. The van der Waals surface area contributed by atoms with E-state index in [1.807, 2.05) is 12.1 Å². The highest BCUT2D eigenvalue weighted by molar-refractivity contribution is 9.10. The highest BCUT2D eigenvalue weighted by atomic mass is 79.9. The average molecular weight is 647 g/mol. The van der Waals surface area contributed by atoms with Crippen LogP contribution in [0.5, 0.6) is 5.75 Å². The van der Waals surface area contributed by atoms with Gasteiger partial charge in [-0.25, -0.2) is 4.98 Å². The Morgan fingerprint density at radius 2 is 1.09 bits per heavy atom. The van der Waals surface area contributed by atoms with E-state index in [1.54, 1.807) is 7.11 Å². The first kappa shape index (κ1) is 27.2. The van der Waals surface area contributed by atoms with Crippen molar-refractivity contribution in [3.63, 3.8) is 0 Å². The van der Waals surface area contributed by atoms with Crippen LogP contribution >= 0.6 is 15.9 Å². The number of hydrogen-bond acceptors (Lipinski definition) is 4. The molecule has 0 unspecified atom stereocenters. The number of nitrogens with zero attached hydrogens (tertiary/aromatic N) is 3. The molecule has 0 saturated carbocycles. The van der Waals surface area contributed by atoms with Gasteiger partial charge in [-0.15, -0.1) is 0 Å². The number of para-hydroxylation sites is 6. The molecule has 216 valence electrons. The van der Waals surface area contributed by atoms with E-state index in [1.165, 1.54) is 0 Å². The smallest absolute Gasteiger partial charge is 0.118 e. The Balaban J connectivity index is 1.41. The van der Waals surface area contributed by atoms with Crippen molar-refractivity contribution in [3.05, 3.63) is 156 Å². The van der Waals surface area contributed by atoms with Gasteiger partial charge in [0, 0.05) is 21.1 Å². The monoisotopic (exact) mass is 645 g/mol. The molecule has 0 fully saturated rings. The quantitative estimate of drug-likeness (QED) is 0.186. The Labute approximate surface area is 270 Å². The molecule has 0 amide bonds. The molecule has 0 radical (unpaired) electrons. The van der Waals surface area contributed by atoms with E-state index in [0.29, 0.717) is 0 Å². The van der Waals surface area contributed by atoms with Crippen LogP contribution in [0.2, 0.25) is 0 Å². The van der Waals surface area contributed by atoms with Crippen molar-refractivity contribution < 1.29 is 4.74 Å². The summed E-state index contributed by atoms with van der Waals surface area (Å²) in [5, 5.41) is 1.08. The van der Waals surface area contributed by atoms with E-state index in [9.17, 15) is 0 Å². The van der Waals surface area contributed by atoms with Crippen LogP contribution in [0.15, 0.2) is 156 Å². The molecular weight excluding hydrogens is 618 g/mol. The normalized spacial score (nSPS) is 12.1. The molecule has 0 N–H and O–H groups in total. The van der Waals surface area contributed by atoms with Crippen LogP contribution in [0.3, 0.4) is 0 Å². The molecule has 7 aromatic rings. The zero-order valence-corrected chi connectivity index (χ0v) is 26.1. The Morgan fingerprint density at radius 1 is 0.533 bits per heavy atom. The average Bonchev–Trinajstić information content (AvgIpc) is 3.10. The van der Waals surface area contributed by atoms with Gasteiger partial charge < -0.3 is 14.5 Å². The lowest BCUT2D eigenvalue weighted by molar-refractivity contribution is 0.415. The molecular formula is C40H28BrN3O. The Hall–Kier alpha value is -5.39. The lowest BCUT2D eigenvalue weighted by atomic mass is 9.96. The maximum absolute atomic E-state index is 5.47. The second-order valence-electron chi connectivity index (χ2n) is 10.9. The molecule has 4 nitrogen and oxygen atoms in total. The molecule has 5 heteroatoms. The summed E-state index contributed by atoms with van der Waals surface area (Å²) in [5.74, 6) is 0.829. The molecule has 0 aliphatic carbocycles. The second-order valence-corrected chi connectivity index (χ2v) is 11.9. The van der Waals surface area contributed by atoms with Gasteiger partial charge in [0.15, 0.2) is 0 Å². The highest BCUT2D eigenvalue weighted by Crippen LogP contribution is 2.55. The van der Waals surface area contributed by atoms with Crippen LogP contribution < -0.4 is 14.5 Å². The van der Waals surface area contributed by atoms with Crippen LogP contribution in [-0.4, -0.2) is 12.1 Å². The molecule has 6 aromatic carbocycles. The van der Waals surface area contributed by atoms with Crippen molar-refractivity contribution in [1.29, 1.82) is 0 Å². The molecule has 0 saturated heterocycles. The second kappa shape index (κ2) is 11.3. The Morgan fingerprint density at radius 3 is 1.71 bits per heavy atom. The fraction of sp³-hybridized carbons (Fsp3) is 0.0250. The van der Waals surface area contributed by atoms with E-state index in [4.69, 9.17) is 9.72 Å². The summed E-state index contributed by atoms with van der Waals surface area (Å²) in [7, 11) is 1.70. The molecule has 8 rings (SSSR count). The number of pyridine rings is 1. The molecule has 1 aliphatic heterocycles. The topological polar surface area (TPSA) is 28.6 Å². The van der Waals surface area contributed by atoms with E-state index in [0.717, 1.165) is 77.6 Å². The van der Waals surface area contributed by atoms with Crippen molar-refractivity contribution in [2.45, 2.75) is 0 Å². The number of methoxy groups -OCH3 is 1. The van der Waals surface area contributed by atoms with Crippen molar-refractivity contribution in [2.24, 2.45) is 0 Å². The van der Waals surface area contributed by atoms with Crippen molar-refractivity contribution >= 4 is 61.0 Å². The molecule has 0 spiro atoms. The lowest BCUT2D eigenvalue weighted by Crippen LogP contribution is -2.24. The maximum atomic E-state index is 5.47. The molecule has 2 heterocycles. The Kier molecular flexibility index (Phi) is 6.81. The number of aromatic nitrogens is 1.